The average Bonchev–Trinajstić information content (AvgIpc) is 3.21. The van der Waals surface area contributed by atoms with Crippen molar-refractivity contribution >= 4 is 23.8 Å². The smallest absolute Gasteiger partial charge is 0.410 e. The second-order valence-corrected chi connectivity index (χ2v) is 9.98. The highest BCUT2D eigenvalue weighted by Crippen LogP contribution is 2.25. The number of fused-ring (bicyclic) bond motifs is 2. The molecule has 2 rings (SSSR count). The van der Waals surface area contributed by atoms with Crippen molar-refractivity contribution in [3.63, 3.8) is 0 Å². The number of cyclic esters (lactones) is 2. The first-order valence-corrected chi connectivity index (χ1v) is 11.9. The Bertz CT molecular complexity index is 798. The summed E-state index contributed by atoms with van der Waals surface area (Å²) in [4.78, 5) is 54.4. The van der Waals surface area contributed by atoms with Gasteiger partial charge in [-0.2, -0.15) is 0 Å². The Morgan fingerprint density at radius 3 is 2.24 bits per heavy atom. The summed E-state index contributed by atoms with van der Waals surface area (Å²) in [6, 6.07) is 0.0176. The van der Waals surface area contributed by atoms with Gasteiger partial charge in [-0.15, -0.1) is 0 Å². The highest BCUT2D eigenvalue weighted by atomic mass is 16.6. The molecular weight excluding hydrogens is 440 g/mol. The maximum atomic E-state index is 13.5. The van der Waals surface area contributed by atoms with Gasteiger partial charge in [0.25, 0.3) is 0 Å². The summed E-state index contributed by atoms with van der Waals surface area (Å²) in [5, 5.41) is 6.56. The first-order valence-electron chi connectivity index (χ1n) is 11.9. The third-order valence-corrected chi connectivity index (χ3v) is 6.37. The Kier molecular flexibility index (Phi) is 9.64. The number of carbonyl (C=O) groups excluding carboxylic acids is 4. The minimum absolute atomic E-state index is 0.0176. The number of rotatable bonds is 4. The largest absolute Gasteiger partial charge is 0.445 e. The molecule has 2 amide bonds. The number of hydrogen-bond acceptors (Lipinski definition) is 8. The molecule has 0 unspecified atom stereocenters. The Hall–Kier alpha value is -2.46. The molecule has 0 radical (unpaired) electrons. The number of carbonyl (C=O) groups is 4. The molecule has 0 aliphatic carbocycles. The highest BCUT2D eigenvalue weighted by molar-refractivity contribution is 5.94. The summed E-state index contributed by atoms with van der Waals surface area (Å²) in [6.45, 7) is 10.2. The molecular formula is C24H40N4O6. The summed E-state index contributed by atoms with van der Waals surface area (Å²) >= 11 is 0. The summed E-state index contributed by atoms with van der Waals surface area (Å²) in [5.74, 6) is -0.415. The van der Waals surface area contributed by atoms with Crippen molar-refractivity contribution in [1.29, 1.82) is 0 Å². The Balaban J connectivity index is 2.32. The van der Waals surface area contributed by atoms with Gasteiger partial charge >= 0.3 is 12.2 Å². The molecule has 192 valence electrons. The van der Waals surface area contributed by atoms with Crippen LogP contribution in [0.2, 0.25) is 0 Å². The first kappa shape index (κ1) is 27.8. The quantitative estimate of drug-likeness (QED) is 0.585. The van der Waals surface area contributed by atoms with E-state index < -0.39 is 23.3 Å². The molecule has 2 bridgehead atoms. The number of nitrogens with zero attached hydrogens (tertiary/aromatic N) is 2. The van der Waals surface area contributed by atoms with Crippen LogP contribution in [0, 0.1) is 5.92 Å². The molecule has 34 heavy (non-hydrogen) atoms. The van der Waals surface area contributed by atoms with Gasteiger partial charge in [0, 0.05) is 38.6 Å². The molecule has 2 atom stereocenters. The van der Waals surface area contributed by atoms with Gasteiger partial charge in [0.2, 0.25) is 0 Å². The Morgan fingerprint density at radius 2 is 1.65 bits per heavy atom. The van der Waals surface area contributed by atoms with E-state index in [1.165, 1.54) is 9.80 Å². The molecule has 0 aromatic carbocycles. The molecule has 0 aromatic heterocycles. The standard InChI is InChI=1S/C24H40N4O6/c1-17(2)20(30)23(5)9-11-27(6)21(31)33-13-7-8-14-34-22(32)28-12-10-24(16-28,26-18(3)4)19(29)15-25-23/h7-8,17-18,25-26H,9-16H2,1-6H3/t23-,24-/m1/s1. The predicted octanol–water partition coefficient (Wildman–Crippen LogP) is 1.74. The van der Waals surface area contributed by atoms with E-state index in [0.29, 0.717) is 19.4 Å². The van der Waals surface area contributed by atoms with Gasteiger partial charge in [0.1, 0.15) is 13.2 Å². The SMILES string of the molecule is CC(C)N[C@]12CCN(C1)C(=O)OCC=CCOC(=O)N(C)CC[C@](C)(C(=O)C(C)C)NCC2=O. The van der Waals surface area contributed by atoms with Gasteiger partial charge in [-0.05, 0) is 45.8 Å². The van der Waals surface area contributed by atoms with Crippen molar-refractivity contribution in [2.24, 2.45) is 5.92 Å². The second kappa shape index (κ2) is 11.8. The van der Waals surface area contributed by atoms with Crippen LogP contribution >= 0.6 is 0 Å². The lowest BCUT2D eigenvalue weighted by molar-refractivity contribution is -0.129. The third kappa shape index (κ3) is 7.02. The van der Waals surface area contributed by atoms with Crippen LogP contribution in [0.1, 0.15) is 47.5 Å². The number of Topliss-reactive ketones (excluding diaryl/α,β-unsaturated/α-hetero) is 2. The zero-order valence-electron chi connectivity index (χ0n) is 21.3. The summed E-state index contributed by atoms with van der Waals surface area (Å²) < 4.78 is 10.5. The lowest BCUT2D eigenvalue weighted by atomic mass is 9.84. The molecule has 2 heterocycles. The van der Waals surface area contributed by atoms with Crippen molar-refractivity contribution in [1.82, 2.24) is 20.4 Å². The van der Waals surface area contributed by atoms with Gasteiger partial charge in [0.15, 0.2) is 11.6 Å². The lowest BCUT2D eigenvalue weighted by Crippen LogP contribution is -2.62. The highest BCUT2D eigenvalue weighted by Gasteiger charge is 2.47. The molecule has 10 nitrogen and oxygen atoms in total. The van der Waals surface area contributed by atoms with Crippen molar-refractivity contribution in [2.45, 2.75) is 64.6 Å². The van der Waals surface area contributed by atoms with E-state index in [4.69, 9.17) is 9.47 Å². The fourth-order valence-electron chi connectivity index (χ4n) is 4.38. The fourth-order valence-corrected chi connectivity index (χ4v) is 4.38. The molecule has 2 aliphatic heterocycles. The van der Waals surface area contributed by atoms with Crippen LogP contribution in [-0.2, 0) is 19.1 Å². The van der Waals surface area contributed by atoms with E-state index in [-0.39, 0.29) is 56.4 Å². The molecule has 0 aromatic rings. The number of amides is 2. The fraction of sp³-hybridized carbons (Fsp3) is 0.750. The topological polar surface area (TPSA) is 117 Å². The van der Waals surface area contributed by atoms with Crippen LogP contribution in [0.25, 0.3) is 0 Å². The monoisotopic (exact) mass is 480 g/mol. The zero-order valence-corrected chi connectivity index (χ0v) is 21.3. The molecule has 1 saturated heterocycles. The molecule has 2 aliphatic rings. The van der Waals surface area contributed by atoms with E-state index in [1.807, 2.05) is 27.7 Å². The van der Waals surface area contributed by atoms with Crippen LogP contribution in [0.15, 0.2) is 12.2 Å². The van der Waals surface area contributed by atoms with Gasteiger partial charge in [-0.1, -0.05) is 13.8 Å². The van der Waals surface area contributed by atoms with Gasteiger partial charge in [-0.25, -0.2) is 9.59 Å². The maximum Gasteiger partial charge on any atom is 0.410 e. The van der Waals surface area contributed by atoms with Crippen LogP contribution in [0.3, 0.4) is 0 Å². The van der Waals surface area contributed by atoms with E-state index in [1.54, 1.807) is 26.1 Å². The molecule has 0 saturated carbocycles. The van der Waals surface area contributed by atoms with Crippen LogP contribution in [0.5, 0.6) is 0 Å². The lowest BCUT2D eigenvalue weighted by Gasteiger charge is -2.35. The maximum absolute atomic E-state index is 13.5. The van der Waals surface area contributed by atoms with E-state index >= 15 is 0 Å². The van der Waals surface area contributed by atoms with E-state index in [0.717, 1.165) is 0 Å². The molecule has 2 N–H and O–H groups in total. The molecule has 10 heteroatoms. The van der Waals surface area contributed by atoms with Crippen molar-refractivity contribution in [3.8, 4) is 0 Å². The van der Waals surface area contributed by atoms with Crippen LogP contribution < -0.4 is 10.6 Å². The zero-order chi connectivity index (χ0) is 25.5. The first-order chi connectivity index (χ1) is 15.9. The average molecular weight is 481 g/mol. The van der Waals surface area contributed by atoms with Gasteiger partial charge < -0.3 is 24.6 Å². The molecule has 1 fully saturated rings. The van der Waals surface area contributed by atoms with Crippen molar-refractivity contribution < 1.29 is 28.7 Å². The van der Waals surface area contributed by atoms with Gasteiger partial charge in [-0.3, -0.25) is 14.9 Å². The van der Waals surface area contributed by atoms with Gasteiger partial charge in [0.05, 0.1) is 17.6 Å². The Morgan fingerprint density at radius 1 is 1.03 bits per heavy atom. The molecule has 0 spiro atoms. The third-order valence-electron chi connectivity index (χ3n) is 6.37. The summed E-state index contributed by atoms with van der Waals surface area (Å²) in [5.41, 5.74) is -1.94. The number of ether oxygens (including phenoxy) is 2. The number of ketones is 2. The van der Waals surface area contributed by atoms with Crippen molar-refractivity contribution in [2.75, 3.05) is 46.4 Å². The van der Waals surface area contributed by atoms with Crippen molar-refractivity contribution in [3.05, 3.63) is 12.2 Å². The predicted molar refractivity (Wildman–Crippen MR) is 128 cm³/mol. The number of hydrogen-bond donors (Lipinski definition) is 2. The van der Waals surface area contributed by atoms with E-state index in [2.05, 4.69) is 10.6 Å². The van der Waals surface area contributed by atoms with Crippen LogP contribution in [0.4, 0.5) is 9.59 Å². The minimum atomic E-state index is -1.01. The van der Waals surface area contributed by atoms with E-state index in [9.17, 15) is 19.2 Å². The summed E-state index contributed by atoms with van der Waals surface area (Å²) in [7, 11) is 1.60. The minimum Gasteiger partial charge on any atom is -0.445 e. The Labute approximate surface area is 202 Å². The normalized spacial score (nSPS) is 28.1. The second-order valence-electron chi connectivity index (χ2n) is 9.98. The summed E-state index contributed by atoms with van der Waals surface area (Å²) in [6.07, 6.45) is 2.96. The van der Waals surface area contributed by atoms with Crippen LogP contribution in [-0.4, -0.2) is 97.1 Å². The number of nitrogens with one attached hydrogen (secondary N) is 2.